The lowest BCUT2D eigenvalue weighted by atomic mass is 10.1. The van der Waals surface area contributed by atoms with Gasteiger partial charge in [-0.3, -0.25) is 4.79 Å². The molecule has 0 saturated carbocycles. The number of hydrogen-bond acceptors (Lipinski definition) is 4. The van der Waals surface area contributed by atoms with Gasteiger partial charge in [-0.05, 0) is 61.0 Å². The Morgan fingerprint density at radius 1 is 1.22 bits per heavy atom. The molecule has 7 heteroatoms. The number of furan rings is 1. The Hall–Kier alpha value is -2.02. The molecule has 0 fully saturated rings. The van der Waals surface area contributed by atoms with E-state index in [4.69, 9.17) is 16.0 Å². The van der Waals surface area contributed by atoms with Crippen LogP contribution in [0.1, 0.15) is 11.3 Å². The Morgan fingerprint density at radius 3 is 2.74 bits per heavy atom. The number of aryl methyl sites for hydroxylation is 1. The summed E-state index contributed by atoms with van der Waals surface area (Å²) in [6, 6.07) is 17.1. The highest BCUT2D eigenvalue weighted by molar-refractivity contribution is 9.10. The Bertz CT molecular complexity index is 970. The molecule has 0 aliphatic carbocycles. The van der Waals surface area contributed by atoms with Gasteiger partial charge in [0.25, 0.3) is 0 Å². The zero-order valence-electron chi connectivity index (χ0n) is 14.4. The summed E-state index contributed by atoms with van der Waals surface area (Å²) >= 11 is 10.8. The molecule has 27 heavy (non-hydrogen) atoms. The lowest BCUT2D eigenvalue weighted by molar-refractivity contribution is -0.118. The van der Waals surface area contributed by atoms with Crippen molar-refractivity contribution in [2.75, 3.05) is 5.75 Å². The molecular formula is C20H16BrClN2O2S. The van der Waals surface area contributed by atoms with Crippen molar-refractivity contribution >= 4 is 51.4 Å². The Morgan fingerprint density at radius 2 is 2.00 bits per heavy atom. The molecule has 1 N–H and O–H groups in total. The maximum Gasteiger partial charge on any atom is 0.250 e. The third kappa shape index (κ3) is 5.73. The quantitative estimate of drug-likeness (QED) is 0.281. The third-order valence-corrected chi connectivity index (χ3v) is 5.50. The van der Waals surface area contributed by atoms with Gasteiger partial charge in [0, 0.05) is 20.0 Å². The van der Waals surface area contributed by atoms with E-state index in [2.05, 4.69) is 26.5 Å². The first-order valence-corrected chi connectivity index (χ1v) is 10.2. The van der Waals surface area contributed by atoms with Crippen LogP contribution in [0, 0.1) is 6.92 Å². The van der Waals surface area contributed by atoms with Crippen molar-refractivity contribution in [2.45, 2.75) is 11.8 Å². The molecule has 1 amide bonds. The van der Waals surface area contributed by atoms with Crippen LogP contribution in [0.5, 0.6) is 0 Å². The van der Waals surface area contributed by atoms with Crippen LogP contribution in [0.3, 0.4) is 0 Å². The van der Waals surface area contributed by atoms with Crippen LogP contribution in [0.4, 0.5) is 0 Å². The summed E-state index contributed by atoms with van der Waals surface area (Å²) in [5, 5.41) is 4.62. The standard InChI is InChI=1S/C20H16BrClN2O2S/c1-13-2-8-17(18(21)10-13)19-9-5-15(26-19)11-23-24-20(25)12-27-16-6-3-14(22)4-7-16/h2-11H,12H2,1H3,(H,24,25)/b23-11+. The van der Waals surface area contributed by atoms with Gasteiger partial charge >= 0.3 is 0 Å². The van der Waals surface area contributed by atoms with Crippen LogP contribution in [-0.2, 0) is 4.79 Å². The summed E-state index contributed by atoms with van der Waals surface area (Å²) in [7, 11) is 0. The fourth-order valence-corrected chi connectivity index (χ4v) is 3.77. The molecule has 3 rings (SSSR count). The van der Waals surface area contributed by atoms with Crippen LogP contribution in [0.2, 0.25) is 5.02 Å². The predicted octanol–water partition coefficient (Wildman–Crippen LogP) is 5.91. The molecule has 4 nitrogen and oxygen atoms in total. The van der Waals surface area contributed by atoms with Gasteiger partial charge in [0.15, 0.2) is 0 Å². The summed E-state index contributed by atoms with van der Waals surface area (Å²) in [4.78, 5) is 12.8. The smallest absolute Gasteiger partial charge is 0.250 e. The number of thioether (sulfide) groups is 1. The maximum atomic E-state index is 11.9. The number of hydrazone groups is 1. The minimum absolute atomic E-state index is 0.195. The predicted molar refractivity (Wildman–Crippen MR) is 114 cm³/mol. The number of carbonyl (C=O) groups excluding carboxylic acids is 1. The summed E-state index contributed by atoms with van der Waals surface area (Å²) < 4.78 is 6.73. The summed E-state index contributed by atoms with van der Waals surface area (Å²) in [5.74, 6) is 1.36. The van der Waals surface area contributed by atoms with Gasteiger partial charge in [-0.25, -0.2) is 5.43 Å². The van der Waals surface area contributed by atoms with Crippen molar-refractivity contribution in [1.82, 2.24) is 5.43 Å². The minimum atomic E-state index is -0.195. The topological polar surface area (TPSA) is 54.6 Å². The Labute approximate surface area is 175 Å². The molecule has 1 aromatic heterocycles. The second kappa shape index (κ2) is 9.26. The average Bonchev–Trinajstić information content (AvgIpc) is 3.10. The van der Waals surface area contributed by atoms with Crippen LogP contribution in [0.25, 0.3) is 11.3 Å². The third-order valence-electron chi connectivity index (χ3n) is 3.58. The largest absolute Gasteiger partial charge is 0.455 e. The SMILES string of the molecule is Cc1ccc(-c2ccc(/C=N/NC(=O)CSc3ccc(Cl)cc3)o2)c(Br)c1. The molecule has 2 aromatic carbocycles. The molecule has 0 aliphatic rings. The van der Waals surface area contributed by atoms with E-state index in [-0.39, 0.29) is 11.7 Å². The monoisotopic (exact) mass is 462 g/mol. The molecule has 0 saturated heterocycles. The van der Waals surface area contributed by atoms with Crippen molar-refractivity contribution < 1.29 is 9.21 Å². The molecule has 3 aromatic rings. The van der Waals surface area contributed by atoms with E-state index in [1.807, 2.05) is 43.3 Å². The molecule has 0 atom stereocenters. The number of nitrogens with zero attached hydrogens (tertiary/aromatic N) is 1. The molecular weight excluding hydrogens is 448 g/mol. The van der Waals surface area contributed by atoms with E-state index in [1.54, 1.807) is 18.2 Å². The second-order valence-corrected chi connectivity index (χ2v) is 8.06. The van der Waals surface area contributed by atoms with Gasteiger partial charge in [0.1, 0.15) is 11.5 Å². The highest BCUT2D eigenvalue weighted by atomic mass is 79.9. The van der Waals surface area contributed by atoms with Crippen molar-refractivity contribution in [2.24, 2.45) is 5.10 Å². The van der Waals surface area contributed by atoms with Gasteiger partial charge in [0.05, 0.1) is 12.0 Å². The van der Waals surface area contributed by atoms with E-state index in [9.17, 15) is 4.79 Å². The van der Waals surface area contributed by atoms with Crippen LogP contribution >= 0.6 is 39.3 Å². The average molecular weight is 464 g/mol. The van der Waals surface area contributed by atoms with Crippen molar-refractivity contribution in [3.05, 3.63) is 75.4 Å². The molecule has 0 spiro atoms. The summed E-state index contributed by atoms with van der Waals surface area (Å²) in [6.45, 7) is 2.03. The van der Waals surface area contributed by atoms with Crippen molar-refractivity contribution in [3.8, 4) is 11.3 Å². The highest BCUT2D eigenvalue weighted by Gasteiger charge is 2.08. The van der Waals surface area contributed by atoms with Crippen molar-refractivity contribution in [3.63, 3.8) is 0 Å². The van der Waals surface area contributed by atoms with Crippen molar-refractivity contribution in [1.29, 1.82) is 0 Å². The van der Waals surface area contributed by atoms with Crippen LogP contribution in [-0.4, -0.2) is 17.9 Å². The summed E-state index contributed by atoms with van der Waals surface area (Å²) in [5.41, 5.74) is 4.62. The first kappa shape index (κ1) is 19.7. The zero-order chi connectivity index (χ0) is 19.2. The fraction of sp³-hybridized carbons (Fsp3) is 0.100. The number of amides is 1. The van der Waals surface area contributed by atoms with E-state index in [0.717, 1.165) is 26.3 Å². The van der Waals surface area contributed by atoms with Gasteiger partial charge in [-0.2, -0.15) is 5.10 Å². The number of benzene rings is 2. The van der Waals surface area contributed by atoms with Gasteiger partial charge < -0.3 is 4.42 Å². The lowest BCUT2D eigenvalue weighted by Gasteiger charge is -2.02. The van der Waals surface area contributed by atoms with Gasteiger partial charge in [-0.15, -0.1) is 11.8 Å². The van der Waals surface area contributed by atoms with E-state index in [1.165, 1.54) is 18.0 Å². The lowest BCUT2D eigenvalue weighted by Crippen LogP contribution is -2.19. The van der Waals surface area contributed by atoms with Crippen LogP contribution < -0.4 is 5.43 Å². The van der Waals surface area contributed by atoms with E-state index in [0.29, 0.717) is 10.8 Å². The second-order valence-electron chi connectivity index (χ2n) is 5.72. The Kier molecular flexibility index (Phi) is 6.77. The van der Waals surface area contributed by atoms with Crippen LogP contribution in [0.15, 0.2) is 73.5 Å². The number of rotatable bonds is 6. The molecule has 1 heterocycles. The maximum absolute atomic E-state index is 11.9. The Balaban J connectivity index is 1.53. The zero-order valence-corrected chi connectivity index (χ0v) is 17.6. The molecule has 0 bridgehead atoms. The minimum Gasteiger partial charge on any atom is -0.455 e. The molecule has 0 radical (unpaired) electrons. The number of nitrogens with one attached hydrogen (secondary N) is 1. The molecule has 0 unspecified atom stereocenters. The molecule has 138 valence electrons. The fourth-order valence-electron chi connectivity index (χ4n) is 2.27. The summed E-state index contributed by atoms with van der Waals surface area (Å²) in [6.07, 6.45) is 1.48. The first-order chi connectivity index (χ1) is 13.0. The number of halogens is 2. The first-order valence-electron chi connectivity index (χ1n) is 8.08. The van der Waals surface area contributed by atoms with E-state index >= 15 is 0 Å². The van der Waals surface area contributed by atoms with Gasteiger partial charge in [-0.1, -0.05) is 33.6 Å². The van der Waals surface area contributed by atoms with Gasteiger partial charge in [0.2, 0.25) is 5.91 Å². The highest BCUT2D eigenvalue weighted by Crippen LogP contribution is 2.30. The normalized spacial score (nSPS) is 11.1. The molecule has 0 aliphatic heterocycles. The van der Waals surface area contributed by atoms with E-state index < -0.39 is 0 Å². The number of hydrogen-bond donors (Lipinski definition) is 1. The number of carbonyl (C=O) groups is 1.